The first-order valence-corrected chi connectivity index (χ1v) is 7.34. The second-order valence-corrected chi connectivity index (χ2v) is 6.13. The molecule has 5 heteroatoms. The van der Waals surface area contributed by atoms with Gasteiger partial charge in [-0.05, 0) is 30.5 Å². The fourth-order valence-corrected chi connectivity index (χ4v) is 2.92. The highest BCUT2D eigenvalue weighted by molar-refractivity contribution is 7.89. The van der Waals surface area contributed by atoms with Gasteiger partial charge < -0.3 is 5.11 Å². The summed E-state index contributed by atoms with van der Waals surface area (Å²) in [5, 5.41) is 14.9. The van der Waals surface area contributed by atoms with Crippen LogP contribution in [0.5, 0.6) is 0 Å². The Balaban J connectivity index is 2.23. The number of nitrogens with two attached hydrogens (primary N) is 1. The molecule has 0 heterocycles. The highest BCUT2D eigenvalue weighted by Crippen LogP contribution is 2.33. The van der Waals surface area contributed by atoms with Crippen LogP contribution in [0.15, 0.2) is 29.2 Å². The first kappa shape index (κ1) is 12.5. The molecule has 0 radical (unpaired) electrons. The van der Waals surface area contributed by atoms with E-state index >= 15 is 0 Å². The summed E-state index contributed by atoms with van der Waals surface area (Å²) < 4.78 is 22.2. The molecule has 1 aromatic carbocycles. The minimum atomic E-state index is -3.63. The number of benzene rings is 1. The highest BCUT2D eigenvalue weighted by Gasteiger charge is 2.24. The van der Waals surface area contributed by atoms with Gasteiger partial charge >= 0.3 is 0 Å². The average Bonchev–Trinajstić information content (AvgIpc) is 2.29. The summed E-state index contributed by atoms with van der Waals surface area (Å²) in [6.45, 7) is 0. The number of primary sulfonamides is 1. The molecule has 4 nitrogen and oxygen atoms in total. The molecule has 2 rings (SSSR count). The van der Waals surface area contributed by atoms with Gasteiger partial charge in [-0.3, -0.25) is 0 Å². The largest absolute Gasteiger partial charge is 0.392 e. The summed E-state index contributed by atoms with van der Waals surface area (Å²) in [5.74, 6) is 0.123. The van der Waals surface area contributed by atoms with Gasteiger partial charge in [-0.25, -0.2) is 13.6 Å². The fourth-order valence-electron chi connectivity index (χ4n) is 2.40. The zero-order chi connectivity index (χ0) is 12.5. The van der Waals surface area contributed by atoms with E-state index in [1.54, 1.807) is 12.1 Å². The van der Waals surface area contributed by atoms with E-state index in [4.69, 9.17) is 5.14 Å². The Kier molecular flexibility index (Phi) is 3.51. The van der Waals surface area contributed by atoms with Crippen molar-refractivity contribution >= 4 is 10.0 Å². The predicted octanol–water partition coefficient (Wildman–Crippen LogP) is 1.35. The molecule has 1 aromatic rings. The summed E-state index contributed by atoms with van der Waals surface area (Å²) >= 11 is 0. The molecule has 2 atom stereocenters. The molecule has 94 valence electrons. The Labute approximate surface area is 102 Å². The normalized spacial score (nSPS) is 25.8. The van der Waals surface area contributed by atoms with Crippen molar-refractivity contribution in [2.75, 3.05) is 0 Å². The van der Waals surface area contributed by atoms with Crippen LogP contribution in [0.2, 0.25) is 0 Å². The summed E-state index contributed by atoms with van der Waals surface area (Å²) in [4.78, 5) is 0.117. The van der Waals surface area contributed by atoms with Crippen LogP contribution in [0.4, 0.5) is 0 Å². The SMILES string of the molecule is NS(=O)(=O)c1ccc(C2CCCCC2O)cc1. The third kappa shape index (κ3) is 2.86. The fraction of sp³-hybridized carbons (Fsp3) is 0.500. The van der Waals surface area contributed by atoms with Crippen LogP contribution in [0.25, 0.3) is 0 Å². The molecule has 0 aromatic heterocycles. The summed E-state index contributed by atoms with van der Waals surface area (Å²) in [5.41, 5.74) is 0.990. The van der Waals surface area contributed by atoms with E-state index in [0.717, 1.165) is 31.2 Å². The summed E-state index contributed by atoms with van der Waals surface area (Å²) in [6, 6.07) is 6.51. The molecule has 1 fully saturated rings. The lowest BCUT2D eigenvalue weighted by atomic mass is 9.82. The second kappa shape index (κ2) is 4.76. The van der Waals surface area contributed by atoms with Crippen molar-refractivity contribution in [3.05, 3.63) is 29.8 Å². The number of aliphatic hydroxyl groups excluding tert-OH is 1. The van der Waals surface area contributed by atoms with E-state index in [0.29, 0.717) is 0 Å². The van der Waals surface area contributed by atoms with Gasteiger partial charge in [-0.1, -0.05) is 25.0 Å². The lowest BCUT2D eigenvalue weighted by molar-refractivity contribution is 0.106. The van der Waals surface area contributed by atoms with Gasteiger partial charge in [0.25, 0.3) is 0 Å². The van der Waals surface area contributed by atoms with Crippen molar-refractivity contribution in [1.29, 1.82) is 0 Å². The smallest absolute Gasteiger partial charge is 0.238 e. The molecule has 0 bridgehead atoms. The lowest BCUT2D eigenvalue weighted by Gasteiger charge is -2.27. The molecule has 2 unspecified atom stereocenters. The van der Waals surface area contributed by atoms with Gasteiger partial charge in [0.2, 0.25) is 10.0 Å². The molecule has 0 aliphatic heterocycles. The maximum Gasteiger partial charge on any atom is 0.238 e. The lowest BCUT2D eigenvalue weighted by Crippen LogP contribution is -2.22. The molecular weight excluding hydrogens is 238 g/mol. The number of hydrogen-bond acceptors (Lipinski definition) is 3. The van der Waals surface area contributed by atoms with E-state index in [-0.39, 0.29) is 16.9 Å². The predicted molar refractivity (Wildman–Crippen MR) is 65.0 cm³/mol. The Morgan fingerprint density at radius 1 is 1.12 bits per heavy atom. The average molecular weight is 255 g/mol. The number of aliphatic hydroxyl groups is 1. The minimum Gasteiger partial charge on any atom is -0.392 e. The first-order valence-electron chi connectivity index (χ1n) is 5.79. The quantitative estimate of drug-likeness (QED) is 0.837. The molecular formula is C12H17NO3S. The van der Waals surface area contributed by atoms with Crippen molar-refractivity contribution in [2.24, 2.45) is 5.14 Å². The van der Waals surface area contributed by atoms with Gasteiger partial charge in [0, 0.05) is 5.92 Å². The minimum absolute atomic E-state index is 0.117. The summed E-state index contributed by atoms with van der Waals surface area (Å²) in [7, 11) is -3.63. The van der Waals surface area contributed by atoms with Crippen molar-refractivity contribution in [3.8, 4) is 0 Å². The molecule has 3 N–H and O–H groups in total. The van der Waals surface area contributed by atoms with Crippen LogP contribution in [-0.2, 0) is 10.0 Å². The molecule has 0 amide bonds. The topological polar surface area (TPSA) is 80.4 Å². The van der Waals surface area contributed by atoms with Gasteiger partial charge in [0.15, 0.2) is 0 Å². The molecule has 0 saturated heterocycles. The van der Waals surface area contributed by atoms with Crippen molar-refractivity contribution in [3.63, 3.8) is 0 Å². The second-order valence-electron chi connectivity index (χ2n) is 4.57. The Morgan fingerprint density at radius 3 is 2.24 bits per heavy atom. The van der Waals surface area contributed by atoms with Crippen LogP contribution < -0.4 is 5.14 Å². The number of rotatable bonds is 2. The van der Waals surface area contributed by atoms with Crippen LogP contribution in [0, 0.1) is 0 Å². The van der Waals surface area contributed by atoms with E-state index in [1.165, 1.54) is 12.1 Å². The highest BCUT2D eigenvalue weighted by atomic mass is 32.2. The molecule has 17 heavy (non-hydrogen) atoms. The van der Waals surface area contributed by atoms with Gasteiger partial charge in [0.1, 0.15) is 0 Å². The summed E-state index contributed by atoms with van der Waals surface area (Å²) in [6.07, 6.45) is 3.63. The maximum atomic E-state index is 11.1. The third-order valence-electron chi connectivity index (χ3n) is 3.37. The standard InChI is InChI=1S/C12H17NO3S/c13-17(15,16)10-7-5-9(6-8-10)11-3-1-2-4-12(11)14/h5-8,11-12,14H,1-4H2,(H2,13,15,16). The molecule has 1 aliphatic rings. The van der Waals surface area contributed by atoms with Crippen LogP contribution in [0.1, 0.15) is 37.2 Å². The van der Waals surface area contributed by atoms with Crippen molar-refractivity contribution < 1.29 is 13.5 Å². The Bertz CT molecular complexity index is 481. The number of hydrogen-bond donors (Lipinski definition) is 2. The van der Waals surface area contributed by atoms with Gasteiger partial charge in [-0.15, -0.1) is 0 Å². The van der Waals surface area contributed by atoms with Gasteiger partial charge in [-0.2, -0.15) is 0 Å². The zero-order valence-corrected chi connectivity index (χ0v) is 10.4. The monoisotopic (exact) mass is 255 g/mol. The molecule has 0 spiro atoms. The van der Waals surface area contributed by atoms with E-state index in [2.05, 4.69) is 0 Å². The third-order valence-corrected chi connectivity index (χ3v) is 4.30. The van der Waals surface area contributed by atoms with Gasteiger partial charge in [0.05, 0.1) is 11.0 Å². The van der Waals surface area contributed by atoms with Crippen molar-refractivity contribution in [1.82, 2.24) is 0 Å². The van der Waals surface area contributed by atoms with Crippen molar-refractivity contribution in [2.45, 2.75) is 42.6 Å². The van der Waals surface area contributed by atoms with Crippen LogP contribution >= 0.6 is 0 Å². The Hall–Kier alpha value is -0.910. The van der Waals surface area contributed by atoms with Crippen LogP contribution in [-0.4, -0.2) is 19.6 Å². The number of sulfonamides is 1. The Morgan fingerprint density at radius 2 is 1.71 bits per heavy atom. The van der Waals surface area contributed by atoms with E-state index in [9.17, 15) is 13.5 Å². The van der Waals surface area contributed by atoms with E-state index < -0.39 is 10.0 Å². The first-order chi connectivity index (χ1) is 7.98. The zero-order valence-electron chi connectivity index (χ0n) is 9.54. The molecule has 1 saturated carbocycles. The molecule has 1 aliphatic carbocycles. The van der Waals surface area contributed by atoms with E-state index in [1.807, 2.05) is 0 Å². The van der Waals surface area contributed by atoms with Crippen LogP contribution in [0.3, 0.4) is 0 Å². The maximum absolute atomic E-state index is 11.1.